The quantitative estimate of drug-likeness (QED) is 0.801. The van der Waals surface area contributed by atoms with Crippen molar-refractivity contribution < 1.29 is 9.15 Å². The standard InChI is InChI=1S/C15H19NO3/c1-3-16(4-2)9-11-19-14-7-5-6-13-15(14)12(17)8-10-18-13/h5-8,10H,3-4,9,11H2,1-2H3. The fourth-order valence-corrected chi connectivity index (χ4v) is 2.05. The lowest BCUT2D eigenvalue weighted by Crippen LogP contribution is -2.28. The van der Waals surface area contributed by atoms with Gasteiger partial charge in [-0.3, -0.25) is 4.79 Å². The highest BCUT2D eigenvalue weighted by Gasteiger charge is 2.07. The van der Waals surface area contributed by atoms with Crippen molar-refractivity contribution in [2.24, 2.45) is 0 Å². The average Bonchev–Trinajstić information content (AvgIpc) is 2.44. The number of benzene rings is 1. The second kappa shape index (κ2) is 6.38. The maximum Gasteiger partial charge on any atom is 0.196 e. The Kier molecular flexibility index (Phi) is 4.58. The van der Waals surface area contributed by atoms with Gasteiger partial charge in [0, 0.05) is 12.6 Å². The molecule has 1 heterocycles. The van der Waals surface area contributed by atoms with Crippen molar-refractivity contribution in [1.82, 2.24) is 4.90 Å². The molecule has 2 aromatic rings. The van der Waals surface area contributed by atoms with E-state index in [-0.39, 0.29) is 5.43 Å². The first-order valence-electron chi connectivity index (χ1n) is 6.62. The van der Waals surface area contributed by atoms with Gasteiger partial charge in [0.05, 0.1) is 6.26 Å². The molecule has 0 unspecified atom stereocenters. The van der Waals surface area contributed by atoms with Gasteiger partial charge in [0.1, 0.15) is 23.3 Å². The van der Waals surface area contributed by atoms with Gasteiger partial charge in [-0.2, -0.15) is 0 Å². The lowest BCUT2D eigenvalue weighted by Gasteiger charge is -2.18. The van der Waals surface area contributed by atoms with Crippen LogP contribution in [0.25, 0.3) is 11.0 Å². The van der Waals surface area contributed by atoms with Crippen LogP contribution in [0.1, 0.15) is 13.8 Å². The first kappa shape index (κ1) is 13.6. The lowest BCUT2D eigenvalue weighted by atomic mass is 10.2. The SMILES string of the molecule is CCN(CC)CCOc1cccc2occc(=O)c12. The zero-order valence-corrected chi connectivity index (χ0v) is 11.4. The van der Waals surface area contributed by atoms with Gasteiger partial charge >= 0.3 is 0 Å². The van der Waals surface area contributed by atoms with Crippen molar-refractivity contribution in [3.8, 4) is 5.75 Å². The van der Waals surface area contributed by atoms with Gasteiger partial charge in [-0.15, -0.1) is 0 Å². The molecule has 4 nitrogen and oxygen atoms in total. The molecule has 0 spiro atoms. The molecule has 0 radical (unpaired) electrons. The molecule has 0 atom stereocenters. The molecule has 0 fully saturated rings. The molecular formula is C15H19NO3. The van der Waals surface area contributed by atoms with Crippen LogP contribution in [0.3, 0.4) is 0 Å². The van der Waals surface area contributed by atoms with E-state index in [2.05, 4.69) is 18.7 Å². The molecule has 0 saturated heterocycles. The summed E-state index contributed by atoms with van der Waals surface area (Å²) < 4.78 is 11.0. The van der Waals surface area contributed by atoms with E-state index < -0.39 is 0 Å². The minimum absolute atomic E-state index is 0.0697. The number of nitrogens with zero attached hydrogens (tertiary/aromatic N) is 1. The Morgan fingerprint density at radius 3 is 2.74 bits per heavy atom. The van der Waals surface area contributed by atoms with Crippen LogP contribution in [-0.2, 0) is 0 Å². The molecule has 19 heavy (non-hydrogen) atoms. The van der Waals surface area contributed by atoms with Crippen LogP contribution in [0.2, 0.25) is 0 Å². The van der Waals surface area contributed by atoms with E-state index in [1.807, 2.05) is 12.1 Å². The Hall–Kier alpha value is -1.81. The molecule has 1 aromatic heterocycles. The normalized spacial score (nSPS) is 11.1. The van der Waals surface area contributed by atoms with Crippen LogP contribution in [0, 0.1) is 0 Å². The Labute approximate surface area is 112 Å². The average molecular weight is 261 g/mol. The summed E-state index contributed by atoms with van der Waals surface area (Å²) in [6.07, 6.45) is 1.41. The van der Waals surface area contributed by atoms with Gasteiger partial charge in [0.15, 0.2) is 5.43 Å². The van der Waals surface area contributed by atoms with E-state index in [0.29, 0.717) is 23.3 Å². The highest BCUT2D eigenvalue weighted by Crippen LogP contribution is 2.21. The summed E-state index contributed by atoms with van der Waals surface area (Å²) in [5.41, 5.74) is 0.493. The fourth-order valence-electron chi connectivity index (χ4n) is 2.05. The maximum atomic E-state index is 11.9. The summed E-state index contributed by atoms with van der Waals surface area (Å²) >= 11 is 0. The molecule has 0 aliphatic carbocycles. The van der Waals surface area contributed by atoms with Crippen molar-refractivity contribution in [2.45, 2.75) is 13.8 Å². The molecule has 102 valence electrons. The van der Waals surface area contributed by atoms with E-state index in [1.165, 1.54) is 12.3 Å². The van der Waals surface area contributed by atoms with Crippen molar-refractivity contribution in [1.29, 1.82) is 0 Å². The Morgan fingerprint density at radius 2 is 2.00 bits per heavy atom. The van der Waals surface area contributed by atoms with Gasteiger partial charge in [0.2, 0.25) is 0 Å². The monoisotopic (exact) mass is 261 g/mol. The second-order valence-corrected chi connectivity index (χ2v) is 4.29. The van der Waals surface area contributed by atoms with E-state index in [0.717, 1.165) is 19.6 Å². The molecular weight excluding hydrogens is 242 g/mol. The largest absolute Gasteiger partial charge is 0.491 e. The highest BCUT2D eigenvalue weighted by molar-refractivity contribution is 5.82. The third-order valence-corrected chi connectivity index (χ3v) is 3.21. The van der Waals surface area contributed by atoms with Crippen molar-refractivity contribution in [2.75, 3.05) is 26.2 Å². The molecule has 0 saturated carbocycles. The molecule has 1 aromatic carbocycles. The minimum atomic E-state index is -0.0697. The summed E-state index contributed by atoms with van der Waals surface area (Å²) in [6.45, 7) is 7.65. The Bertz CT molecular complexity index is 582. The van der Waals surface area contributed by atoms with Gasteiger partial charge in [-0.05, 0) is 25.2 Å². The minimum Gasteiger partial charge on any atom is -0.491 e. The number of hydrogen-bond donors (Lipinski definition) is 0. The predicted octanol–water partition coefficient (Wildman–Crippen LogP) is 2.51. The van der Waals surface area contributed by atoms with Crippen LogP contribution in [0.15, 0.2) is 39.7 Å². The number of hydrogen-bond acceptors (Lipinski definition) is 4. The number of fused-ring (bicyclic) bond motifs is 1. The smallest absolute Gasteiger partial charge is 0.196 e. The van der Waals surface area contributed by atoms with E-state index in [9.17, 15) is 4.79 Å². The molecule has 0 N–H and O–H groups in total. The maximum absolute atomic E-state index is 11.9. The second-order valence-electron chi connectivity index (χ2n) is 4.29. The fraction of sp³-hybridized carbons (Fsp3) is 0.400. The molecule has 0 bridgehead atoms. The van der Waals surface area contributed by atoms with Gasteiger partial charge in [0.25, 0.3) is 0 Å². The summed E-state index contributed by atoms with van der Waals surface area (Å²) in [5, 5.41) is 0.518. The number of likely N-dealkylation sites (N-methyl/N-ethyl adjacent to an activating group) is 1. The Morgan fingerprint density at radius 1 is 1.21 bits per heavy atom. The third kappa shape index (κ3) is 3.15. The van der Waals surface area contributed by atoms with E-state index in [4.69, 9.17) is 9.15 Å². The van der Waals surface area contributed by atoms with E-state index >= 15 is 0 Å². The highest BCUT2D eigenvalue weighted by atomic mass is 16.5. The summed E-state index contributed by atoms with van der Waals surface area (Å²) in [7, 11) is 0. The summed E-state index contributed by atoms with van der Waals surface area (Å²) in [4.78, 5) is 14.1. The zero-order chi connectivity index (χ0) is 13.7. The van der Waals surface area contributed by atoms with Crippen LogP contribution in [-0.4, -0.2) is 31.1 Å². The molecule has 0 amide bonds. The summed E-state index contributed by atoms with van der Waals surface area (Å²) in [5.74, 6) is 0.596. The van der Waals surface area contributed by atoms with Crippen LogP contribution < -0.4 is 10.2 Å². The molecule has 2 rings (SSSR count). The first-order chi connectivity index (χ1) is 9.26. The lowest BCUT2D eigenvalue weighted by molar-refractivity contribution is 0.224. The van der Waals surface area contributed by atoms with Crippen LogP contribution >= 0.6 is 0 Å². The van der Waals surface area contributed by atoms with Crippen molar-refractivity contribution in [3.63, 3.8) is 0 Å². The van der Waals surface area contributed by atoms with Gasteiger partial charge in [-0.25, -0.2) is 0 Å². The van der Waals surface area contributed by atoms with Crippen LogP contribution in [0.5, 0.6) is 5.75 Å². The van der Waals surface area contributed by atoms with Crippen molar-refractivity contribution in [3.05, 3.63) is 40.8 Å². The van der Waals surface area contributed by atoms with Crippen molar-refractivity contribution >= 4 is 11.0 Å². The summed E-state index contributed by atoms with van der Waals surface area (Å²) in [6, 6.07) is 6.83. The van der Waals surface area contributed by atoms with E-state index in [1.54, 1.807) is 6.07 Å². The predicted molar refractivity (Wildman–Crippen MR) is 75.8 cm³/mol. The molecule has 0 aliphatic heterocycles. The number of rotatable bonds is 6. The number of ether oxygens (including phenoxy) is 1. The van der Waals surface area contributed by atoms with Crippen LogP contribution in [0.4, 0.5) is 0 Å². The topological polar surface area (TPSA) is 42.7 Å². The zero-order valence-electron chi connectivity index (χ0n) is 11.4. The molecule has 0 aliphatic rings. The van der Waals surface area contributed by atoms with Gasteiger partial charge in [-0.1, -0.05) is 19.9 Å². The molecule has 4 heteroatoms. The third-order valence-electron chi connectivity index (χ3n) is 3.21. The first-order valence-corrected chi connectivity index (χ1v) is 6.62. The van der Waals surface area contributed by atoms with Gasteiger partial charge < -0.3 is 14.1 Å². The Balaban J connectivity index is 2.15.